The number of carbonyl (C=O) groups is 2. The van der Waals surface area contributed by atoms with Gasteiger partial charge in [-0.05, 0) is 17.7 Å². The molecular weight excluding hydrogens is 252 g/mol. The number of carbonyl (C=O) groups excluding carboxylic acids is 2. The van der Waals surface area contributed by atoms with Crippen molar-refractivity contribution in [3.8, 4) is 0 Å². The second kappa shape index (κ2) is 3.87. The average Bonchev–Trinajstić information content (AvgIpc) is 3.24. The summed E-state index contributed by atoms with van der Waals surface area (Å²) in [4.78, 5) is 30.1. The fourth-order valence-electron chi connectivity index (χ4n) is 2.54. The van der Waals surface area contributed by atoms with E-state index in [0.717, 1.165) is 11.3 Å². The predicted molar refractivity (Wildman–Crippen MR) is 73.7 cm³/mol. The van der Waals surface area contributed by atoms with Gasteiger partial charge in [-0.15, -0.1) is 0 Å². The fraction of sp³-hybridized carbons (Fsp3) is 0.0625. The van der Waals surface area contributed by atoms with E-state index >= 15 is 0 Å². The molecule has 0 saturated heterocycles. The van der Waals surface area contributed by atoms with Crippen LogP contribution in [0.5, 0.6) is 0 Å². The summed E-state index contributed by atoms with van der Waals surface area (Å²) in [7, 11) is 0. The monoisotopic (exact) mass is 262 g/mol. The second-order valence-corrected chi connectivity index (χ2v) is 4.78. The molecule has 96 valence electrons. The molecule has 2 aliphatic rings. The third-order valence-electron chi connectivity index (χ3n) is 3.58. The van der Waals surface area contributed by atoms with Crippen LogP contribution in [-0.4, -0.2) is 28.6 Å². The normalized spacial score (nSPS) is 19.9. The first-order valence-electron chi connectivity index (χ1n) is 6.37. The van der Waals surface area contributed by atoms with Crippen molar-refractivity contribution in [1.82, 2.24) is 4.90 Å². The quantitative estimate of drug-likeness (QED) is 0.778. The summed E-state index contributed by atoms with van der Waals surface area (Å²) < 4.78 is 0. The summed E-state index contributed by atoms with van der Waals surface area (Å²) in [6, 6.07) is 16.5. The molecule has 2 amide bonds. The minimum atomic E-state index is -0.440. The lowest BCUT2D eigenvalue weighted by Gasteiger charge is -2.11. The van der Waals surface area contributed by atoms with Gasteiger partial charge in [-0.2, -0.15) is 0 Å². The zero-order chi connectivity index (χ0) is 13.7. The summed E-state index contributed by atoms with van der Waals surface area (Å²) >= 11 is 0. The van der Waals surface area contributed by atoms with E-state index in [1.807, 2.05) is 30.3 Å². The number of amides is 2. The van der Waals surface area contributed by atoms with Crippen LogP contribution in [-0.2, 0) is 0 Å². The summed E-state index contributed by atoms with van der Waals surface area (Å²) in [5.41, 5.74) is 2.67. The van der Waals surface area contributed by atoms with Crippen molar-refractivity contribution in [3.63, 3.8) is 0 Å². The van der Waals surface area contributed by atoms with Crippen LogP contribution in [0, 0.1) is 0 Å². The molecular formula is C16H10N2O2. The Kier molecular flexibility index (Phi) is 2.15. The van der Waals surface area contributed by atoms with Gasteiger partial charge in [0.05, 0.1) is 16.8 Å². The van der Waals surface area contributed by atoms with Crippen molar-refractivity contribution in [2.24, 2.45) is 4.99 Å². The van der Waals surface area contributed by atoms with E-state index in [0.29, 0.717) is 11.1 Å². The second-order valence-electron chi connectivity index (χ2n) is 4.78. The van der Waals surface area contributed by atoms with E-state index in [1.165, 1.54) is 4.90 Å². The molecule has 0 N–H and O–H groups in total. The minimum absolute atomic E-state index is 0.259. The molecule has 4 rings (SSSR count). The Morgan fingerprint density at radius 1 is 0.800 bits per heavy atom. The highest BCUT2D eigenvalue weighted by molar-refractivity contribution is 6.26. The van der Waals surface area contributed by atoms with E-state index < -0.39 is 6.17 Å². The number of imide groups is 1. The molecule has 0 bridgehead atoms. The molecule has 4 nitrogen and oxygen atoms in total. The van der Waals surface area contributed by atoms with E-state index in [4.69, 9.17) is 0 Å². The zero-order valence-electron chi connectivity index (χ0n) is 10.5. The Morgan fingerprint density at radius 3 is 1.95 bits per heavy atom. The van der Waals surface area contributed by atoms with Gasteiger partial charge in [0.2, 0.25) is 0 Å². The van der Waals surface area contributed by atoms with Crippen molar-refractivity contribution in [3.05, 3.63) is 71.3 Å². The molecule has 2 aliphatic heterocycles. The van der Waals surface area contributed by atoms with E-state index in [2.05, 4.69) is 4.99 Å². The lowest BCUT2D eigenvalue weighted by atomic mass is 10.1. The average molecular weight is 262 g/mol. The molecule has 2 aromatic rings. The Hall–Kier alpha value is -2.75. The number of fused-ring (bicyclic) bond motifs is 1. The molecule has 0 saturated carbocycles. The number of hydrogen-bond donors (Lipinski definition) is 0. The van der Waals surface area contributed by atoms with Crippen LogP contribution in [0.3, 0.4) is 0 Å². The van der Waals surface area contributed by atoms with E-state index in [1.54, 1.807) is 24.3 Å². The molecule has 20 heavy (non-hydrogen) atoms. The highest BCUT2D eigenvalue weighted by Crippen LogP contribution is 2.31. The minimum Gasteiger partial charge on any atom is -0.268 e. The lowest BCUT2D eigenvalue weighted by molar-refractivity contribution is 0.0648. The third kappa shape index (κ3) is 1.45. The van der Waals surface area contributed by atoms with Crippen molar-refractivity contribution in [2.75, 3.05) is 0 Å². The van der Waals surface area contributed by atoms with Gasteiger partial charge in [-0.3, -0.25) is 14.6 Å². The summed E-state index contributed by atoms with van der Waals surface area (Å²) in [5.74, 6) is -0.518. The first-order valence-corrected chi connectivity index (χ1v) is 6.37. The summed E-state index contributed by atoms with van der Waals surface area (Å²) in [6.45, 7) is 0. The van der Waals surface area contributed by atoms with Crippen LogP contribution < -0.4 is 0 Å². The Balaban J connectivity index is 1.65. The first kappa shape index (κ1) is 11.1. The van der Waals surface area contributed by atoms with Crippen molar-refractivity contribution < 1.29 is 9.59 Å². The van der Waals surface area contributed by atoms with Gasteiger partial charge in [0.15, 0.2) is 6.17 Å². The van der Waals surface area contributed by atoms with E-state index in [-0.39, 0.29) is 11.8 Å². The maximum absolute atomic E-state index is 12.3. The molecule has 0 aliphatic carbocycles. The summed E-state index contributed by atoms with van der Waals surface area (Å²) in [5, 5.41) is 0. The highest BCUT2D eigenvalue weighted by atomic mass is 16.2. The van der Waals surface area contributed by atoms with Gasteiger partial charge in [-0.25, -0.2) is 4.90 Å². The Labute approximate surface area is 115 Å². The van der Waals surface area contributed by atoms with Crippen molar-refractivity contribution >= 4 is 17.5 Å². The van der Waals surface area contributed by atoms with Gasteiger partial charge in [0.25, 0.3) is 11.8 Å². The number of nitrogens with zero attached hydrogens (tertiary/aromatic N) is 2. The predicted octanol–water partition coefficient (Wildman–Crippen LogP) is 2.11. The molecule has 0 spiro atoms. The van der Waals surface area contributed by atoms with Gasteiger partial charge >= 0.3 is 0 Å². The highest BCUT2D eigenvalue weighted by Gasteiger charge is 2.46. The molecule has 0 aromatic heterocycles. The smallest absolute Gasteiger partial charge is 0.263 e. The maximum atomic E-state index is 12.3. The van der Waals surface area contributed by atoms with Gasteiger partial charge < -0.3 is 0 Å². The molecule has 1 unspecified atom stereocenters. The van der Waals surface area contributed by atoms with Crippen LogP contribution in [0.2, 0.25) is 0 Å². The number of hydrogen-bond acceptors (Lipinski definition) is 3. The first-order chi connectivity index (χ1) is 9.77. The third-order valence-corrected chi connectivity index (χ3v) is 3.58. The van der Waals surface area contributed by atoms with Gasteiger partial charge in [0.1, 0.15) is 0 Å². The van der Waals surface area contributed by atoms with Gasteiger partial charge in [0, 0.05) is 0 Å². The van der Waals surface area contributed by atoms with Crippen LogP contribution in [0.1, 0.15) is 26.3 Å². The fourth-order valence-corrected chi connectivity index (χ4v) is 2.54. The van der Waals surface area contributed by atoms with Gasteiger partial charge in [-0.1, -0.05) is 42.5 Å². The topological polar surface area (TPSA) is 49.7 Å². The number of aliphatic imine (C=N–C) groups is 1. The molecule has 0 fully saturated rings. The van der Waals surface area contributed by atoms with Crippen molar-refractivity contribution in [1.29, 1.82) is 0 Å². The Bertz CT molecular complexity index is 730. The van der Waals surface area contributed by atoms with Crippen LogP contribution in [0.4, 0.5) is 0 Å². The number of rotatable bonds is 2. The maximum Gasteiger partial charge on any atom is 0.263 e. The zero-order valence-corrected chi connectivity index (χ0v) is 10.5. The SMILES string of the molecule is O=C1c2ccccc2C(=O)N1C1N=C1c1ccccc1. The standard InChI is InChI=1S/C16H10N2O2/c19-15-11-8-4-5-9-12(11)16(20)18(15)14-13(17-14)10-6-2-1-3-7-10/h1-9,14H. The van der Waals surface area contributed by atoms with Crippen LogP contribution >= 0.6 is 0 Å². The molecule has 0 radical (unpaired) electrons. The molecule has 2 heterocycles. The van der Waals surface area contributed by atoms with E-state index in [9.17, 15) is 9.59 Å². The van der Waals surface area contributed by atoms with Crippen LogP contribution in [0.25, 0.3) is 0 Å². The van der Waals surface area contributed by atoms with Crippen molar-refractivity contribution in [2.45, 2.75) is 6.17 Å². The molecule has 2 aromatic carbocycles. The van der Waals surface area contributed by atoms with Crippen LogP contribution in [0.15, 0.2) is 59.6 Å². The Morgan fingerprint density at radius 2 is 1.35 bits per heavy atom. The molecule has 4 heteroatoms. The lowest BCUT2D eigenvalue weighted by Crippen LogP contribution is -2.35. The molecule has 1 atom stereocenters. The number of benzene rings is 2. The largest absolute Gasteiger partial charge is 0.268 e. The summed E-state index contributed by atoms with van der Waals surface area (Å²) in [6.07, 6.45) is -0.440.